The minimum Gasteiger partial charge on any atom is -0.350 e. The molecule has 4 heteroatoms. The molecule has 1 amide bonds. The topological polar surface area (TPSA) is 44.7 Å². The number of hydrogen-bond acceptors (Lipinski definition) is 3. The van der Waals surface area contributed by atoms with Crippen LogP contribution in [0.3, 0.4) is 0 Å². The highest BCUT2D eigenvalue weighted by Crippen LogP contribution is 2.54. The van der Waals surface area contributed by atoms with Crippen molar-refractivity contribution in [2.24, 2.45) is 28.7 Å². The maximum atomic E-state index is 13.9. The number of aliphatic imine (C=N–C) groups is 1. The molecule has 1 saturated heterocycles. The van der Waals surface area contributed by atoms with Gasteiger partial charge in [-0.3, -0.25) is 14.7 Å². The lowest BCUT2D eigenvalue weighted by atomic mass is 9.54. The van der Waals surface area contributed by atoms with E-state index in [4.69, 9.17) is 4.99 Å². The van der Waals surface area contributed by atoms with Crippen LogP contribution in [0.25, 0.3) is 0 Å². The van der Waals surface area contributed by atoms with Gasteiger partial charge < -0.3 is 5.32 Å². The average Bonchev–Trinajstić information content (AvgIpc) is 2.82. The summed E-state index contributed by atoms with van der Waals surface area (Å²) in [6.07, 6.45) is 5.45. The van der Waals surface area contributed by atoms with Crippen LogP contribution in [-0.4, -0.2) is 35.1 Å². The van der Waals surface area contributed by atoms with Gasteiger partial charge >= 0.3 is 0 Å². The van der Waals surface area contributed by atoms with Crippen LogP contribution < -0.4 is 5.32 Å². The number of nitrogens with one attached hydrogen (secondary N) is 1. The molecule has 2 aromatic rings. The number of carbonyl (C=O) groups excluding carboxylic acids is 1. The Hall–Kier alpha value is -2.46. The van der Waals surface area contributed by atoms with Crippen molar-refractivity contribution in [2.75, 3.05) is 6.54 Å². The highest BCUT2D eigenvalue weighted by atomic mass is 16.2. The Labute approximate surface area is 192 Å². The Bertz CT molecular complexity index is 957. The molecule has 4 aliphatic rings. The Morgan fingerprint density at radius 3 is 2.47 bits per heavy atom. The van der Waals surface area contributed by atoms with Crippen molar-refractivity contribution in [3.8, 4) is 0 Å². The molecule has 2 aromatic carbocycles. The van der Waals surface area contributed by atoms with Gasteiger partial charge in [-0.2, -0.15) is 0 Å². The predicted molar refractivity (Wildman–Crippen MR) is 129 cm³/mol. The summed E-state index contributed by atoms with van der Waals surface area (Å²) in [5.74, 6) is 2.05. The van der Waals surface area contributed by atoms with Gasteiger partial charge in [-0.25, -0.2) is 0 Å². The maximum absolute atomic E-state index is 13.9. The van der Waals surface area contributed by atoms with Crippen LogP contribution in [0.1, 0.15) is 44.2 Å². The Morgan fingerprint density at radius 2 is 1.78 bits per heavy atom. The number of piperidine rings is 1. The molecule has 32 heavy (non-hydrogen) atoms. The summed E-state index contributed by atoms with van der Waals surface area (Å²) in [5.41, 5.74) is 1.80. The van der Waals surface area contributed by atoms with Crippen LogP contribution in [0.4, 0.5) is 0 Å². The molecular weight excluding hydrogens is 394 g/mol. The maximum Gasteiger partial charge on any atom is 0.250 e. The lowest BCUT2D eigenvalue weighted by Crippen LogP contribution is -2.74. The summed E-state index contributed by atoms with van der Waals surface area (Å²) in [4.78, 5) is 21.6. The molecule has 1 saturated carbocycles. The van der Waals surface area contributed by atoms with Gasteiger partial charge in [0.2, 0.25) is 5.91 Å². The van der Waals surface area contributed by atoms with Gasteiger partial charge in [0, 0.05) is 25.3 Å². The van der Waals surface area contributed by atoms with Crippen molar-refractivity contribution >= 4 is 12.1 Å². The van der Waals surface area contributed by atoms with Gasteiger partial charge in [0.15, 0.2) is 5.54 Å². The molecule has 2 fully saturated rings. The largest absolute Gasteiger partial charge is 0.350 e. The minimum absolute atomic E-state index is 0.122. The monoisotopic (exact) mass is 429 g/mol. The van der Waals surface area contributed by atoms with Crippen molar-refractivity contribution in [1.29, 1.82) is 0 Å². The summed E-state index contributed by atoms with van der Waals surface area (Å²) in [5, 5.41) is 3.29. The number of amides is 1. The fourth-order valence-corrected chi connectivity index (χ4v) is 6.55. The van der Waals surface area contributed by atoms with Crippen molar-refractivity contribution in [2.45, 2.75) is 57.8 Å². The number of likely N-dealkylation sites (tertiary alicyclic amines) is 1. The third-order valence-electron chi connectivity index (χ3n) is 7.85. The molecule has 4 bridgehead atoms. The fraction of sp³-hybridized carbons (Fsp3) is 0.500. The Balaban J connectivity index is 1.47. The molecule has 1 unspecified atom stereocenters. The first-order chi connectivity index (χ1) is 15.6. The van der Waals surface area contributed by atoms with Gasteiger partial charge in [0.1, 0.15) is 0 Å². The van der Waals surface area contributed by atoms with Gasteiger partial charge in [0.05, 0.1) is 0 Å². The van der Waals surface area contributed by atoms with E-state index in [2.05, 4.69) is 72.7 Å². The van der Waals surface area contributed by atoms with Gasteiger partial charge in [-0.1, -0.05) is 74.5 Å². The SMILES string of the molecule is CC(C)C[C@@H]1C2C=N[C@@]3(C(=O)NCc4ccccc4)[C@H](CCN(Cc4ccccc4)[C@@H]13)C2. The highest BCUT2D eigenvalue weighted by Gasteiger charge is 2.64. The van der Waals surface area contributed by atoms with E-state index in [0.717, 1.165) is 37.9 Å². The zero-order valence-corrected chi connectivity index (χ0v) is 19.3. The summed E-state index contributed by atoms with van der Waals surface area (Å²) < 4.78 is 0. The lowest BCUT2D eigenvalue weighted by molar-refractivity contribution is -0.145. The van der Waals surface area contributed by atoms with Crippen LogP contribution in [0.2, 0.25) is 0 Å². The predicted octanol–water partition coefficient (Wildman–Crippen LogP) is 4.70. The molecular formula is C28H35N3O. The molecule has 0 aromatic heterocycles. The van der Waals surface area contributed by atoms with E-state index in [9.17, 15) is 4.79 Å². The minimum atomic E-state index is -0.657. The van der Waals surface area contributed by atoms with Gasteiger partial charge in [-0.05, 0) is 60.6 Å². The Kier molecular flexibility index (Phi) is 5.90. The lowest BCUT2D eigenvalue weighted by Gasteiger charge is -2.61. The van der Waals surface area contributed by atoms with Crippen LogP contribution in [0.15, 0.2) is 65.7 Å². The van der Waals surface area contributed by atoms with E-state index >= 15 is 0 Å². The number of hydrogen-bond donors (Lipinski definition) is 1. The highest BCUT2D eigenvalue weighted by molar-refractivity contribution is 5.91. The van der Waals surface area contributed by atoms with E-state index in [-0.39, 0.29) is 11.9 Å². The average molecular weight is 430 g/mol. The second-order valence-electron chi connectivity index (χ2n) is 10.4. The molecule has 0 radical (unpaired) electrons. The molecule has 0 spiro atoms. The van der Waals surface area contributed by atoms with Crippen molar-refractivity contribution in [3.63, 3.8) is 0 Å². The van der Waals surface area contributed by atoms with Crippen molar-refractivity contribution < 1.29 is 4.79 Å². The zero-order valence-electron chi connectivity index (χ0n) is 19.3. The van der Waals surface area contributed by atoms with Crippen LogP contribution in [-0.2, 0) is 17.9 Å². The first kappa shape index (κ1) is 21.4. The molecule has 3 heterocycles. The van der Waals surface area contributed by atoms with Crippen molar-refractivity contribution in [1.82, 2.24) is 10.2 Å². The van der Waals surface area contributed by atoms with Crippen LogP contribution >= 0.6 is 0 Å². The molecule has 6 rings (SSSR count). The second-order valence-corrected chi connectivity index (χ2v) is 10.4. The third-order valence-corrected chi connectivity index (χ3v) is 7.85. The van der Waals surface area contributed by atoms with E-state index in [1.807, 2.05) is 18.2 Å². The molecule has 1 aliphatic carbocycles. The number of benzene rings is 2. The van der Waals surface area contributed by atoms with Crippen LogP contribution in [0.5, 0.6) is 0 Å². The fourth-order valence-electron chi connectivity index (χ4n) is 6.55. The second kappa shape index (κ2) is 8.82. The number of rotatable bonds is 7. The summed E-state index contributed by atoms with van der Waals surface area (Å²) in [6, 6.07) is 21.1. The third kappa shape index (κ3) is 3.79. The summed E-state index contributed by atoms with van der Waals surface area (Å²) >= 11 is 0. The zero-order chi connectivity index (χ0) is 22.1. The first-order valence-corrected chi connectivity index (χ1v) is 12.2. The normalized spacial score (nSPS) is 31.1. The molecule has 4 nitrogen and oxygen atoms in total. The van der Waals surface area contributed by atoms with Crippen molar-refractivity contribution in [3.05, 3.63) is 71.8 Å². The first-order valence-electron chi connectivity index (χ1n) is 12.2. The van der Waals surface area contributed by atoms with Gasteiger partial charge in [0.25, 0.3) is 0 Å². The van der Waals surface area contributed by atoms with E-state index in [1.54, 1.807) is 0 Å². The molecule has 168 valence electrons. The molecule has 5 atom stereocenters. The Morgan fingerprint density at radius 1 is 1.09 bits per heavy atom. The summed E-state index contributed by atoms with van der Waals surface area (Å²) in [7, 11) is 0. The molecule has 1 N–H and O–H groups in total. The van der Waals surface area contributed by atoms with Gasteiger partial charge in [-0.15, -0.1) is 0 Å². The smallest absolute Gasteiger partial charge is 0.250 e. The van der Waals surface area contributed by atoms with E-state index < -0.39 is 5.54 Å². The number of carbonyl (C=O) groups is 1. The standard InChI is InChI=1S/C28H35N3O/c1-20(2)15-25-23-16-24-13-14-31(19-22-11-7-4-8-12-22)26(25)28(24,30-18-23)27(32)29-17-21-9-5-3-6-10-21/h3-12,18,20,23-26H,13-17,19H2,1-2H3,(H,29,32)/t23?,24-,25-,26+,28+/m1/s1. The van der Waals surface area contributed by atoms with E-state index in [1.165, 1.54) is 5.56 Å². The molecule has 3 aliphatic heterocycles. The van der Waals surface area contributed by atoms with E-state index in [0.29, 0.717) is 30.2 Å². The summed E-state index contributed by atoms with van der Waals surface area (Å²) in [6.45, 7) is 7.12. The van der Waals surface area contributed by atoms with Crippen LogP contribution in [0, 0.1) is 23.7 Å². The number of nitrogens with zero attached hydrogens (tertiary/aromatic N) is 2. The quantitative estimate of drug-likeness (QED) is 0.693.